The molecule has 0 aromatic rings. The molecule has 11 heavy (non-hydrogen) atoms. The minimum Gasteiger partial charge on any atom is -0.229 e. The Morgan fingerprint density at radius 2 is 2.09 bits per heavy atom. The molecule has 1 saturated heterocycles. The molecule has 1 heterocycles. The summed E-state index contributed by atoms with van der Waals surface area (Å²) < 4.78 is 22.6. The molecule has 2 nitrogen and oxygen atoms in total. The lowest BCUT2D eigenvalue weighted by Gasteiger charge is -2.23. The Hall–Kier alpha value is 0.910. The van der Waals surface area contributed by atoms with Crippen LogP contribution >= 0.6 is 31.9 Å². The largest absolute Gasteiger partial charge is 0.229 e. The van der Waals surface area contributed by atoms with Gasteiger partial charge in [-0.3, -0.25) is 0 Å². The van der Waals surface area contributed by atoms with Crippen molar-refractivity contribution in [2.75, 3.05) is 11.1 Å². The first-order valence-electron chi connectivity index (χ1n) is 3.48. The van der Waals surface area contributed by atoms with Crippen molar-refractivity contribution < 1.29 is 8.42 Å². The van der Waals surface area contributed by atoms with E-state index in [1.807, 2.05) is 0 Å². The fourth-order valence-corrected chi connectivity index (χ4v) is 5.53. The van der Waals surface area contributed by atoms with Gasteiger partial charge in [0.05, 0.1) is 11.0 Å². The van der Waals surface area contributed by atoms with E-state index < -0.39 is 9.84 Å². The van der Waals surface area contributed by atoms with Crippen LogP contribution in [-0.2, 0) is 9.84 Å². The average Bonchev–Trinajstić information content (AvgIpc) is 1.94. The fraction of sp³-hybridized carbons (Fsp3) is 1.00. The van der Waals surface area contributed by atoms with Gasteiger partial charge in [-0.15, -0.1) is 0 Å². The smallest absolute Gasteiger partial charge is 0.154 e. The van der Waals surface area contributed by atoms with Crippen LogP contribution in [0.25, 0.3) is 0 Å². The second-order valence-corrected chi connectivity index (χ2v) is 7.11. The summed E-state index contributed by atoms with van der Waals surface area (Å²) in [5.74, 6) is 0.333. The molecule has 1 aliphatic rings. The van der Waals surface area contributed by atoms with Crippen molar-refractivity contribution in [3.05, 3.63) is 0 Å². The maximum absolute atomic E-state index is 11.3. The molecule has 0 aromatic heterocycles. The quantitative estimate of drug-likeness (QED) is 0.691. The zero-order valence-corrected chi connectivity index (χ0v) is 9.95. The Morgan fingerprint density at radius 1 is 1.45 bits per heavy atom. The minimum absolute atomic E-state index is 0.180. The van der Waals surface area contributed by atoms with Crippen molar-refractivity contribution in [2.45, 2.75) is 22.9 Å². The maximum Gasteiger partial charge on any atom is 0.154 e. The molecule has 0 N–H and O–H groups in total. The molecule has 0 spiro atoms. The van der Waals surface area contributed by atoms with E-state index >= 15 is 0 Å². The summed E-state index contributed by atoms with van der Waals surface area (Å²) in [5.41, 5.74) is 0. The third-order valence-corrected chi connectivity index (χ3v) is 6.14. The van der Waals surface area contributed by atoms with Gasteiger partial charge in [0, 0.05) is 10.2 Å². The highest BCUT2D eigenvalue weighted by Gasteiger charge is 2.31. The van der Waals surface area contributed by atoms with Gasteiger partial charge in [-0.05, 0) is 12.8 Å². The van der Waals surface area contributed by atoms with Crippen molar-refractivity contribution in [3.63, 3.8) is 0 Å². The predicted molar refractivity (Wildman–Crippen MR) is 53.3 cm³/mol. The molecule has 0 aliphatic carbocycles. The zero-order valence-electron chi connectivity index (χ0n) is 5.96. The summed E-state index contributed by atoms with van der Waals surface area (Å²) in [5, 5.41) is 0.387. The Morgan fingerprint density at radius 3 is 2.55 bits per heavy atom. The van der Waals surface area contributed by atoms with Gasteiger partial charge in [0.15, 0.2) is 9.84 Å². The second kappa shape index (κ2) is 3.75. The summed E-state index contributed by atoms with van der Waals surface area (Å²) in [4.78, 5) is 0.383. The summed E-state index contributed by atoms with van der Waals surface area (Å²) in [6.45, 7) is 0. The number of sulfone groups is 1. The molecule has 66 valence electrons. The molecule has 1 rings (SSSR count). The SMILES string of the molecule is O=S1(=O)CCC(Br)CC1CBr. The second-order valence-electron chi connectivity index (χ2n) is 2.76. The van der Waals surface area contributed by atoms with Crippen LogP contribution in [-0.4, -0.2) is 29.6 Å². The lowest BCUT2D eigenvalue weighted by Crippen LogP contribution is -2.34. The average molecular weight is 306 g/mol. The van der Waals surface area contributed by atoms with Crippen molar-refractivity contribution in [3.8, 4) is 0 Å². The lowest BCUT2D eigenvalue weighted by atomic mass is 10.2. The van der Waals surface area contributed by atoms with E-state index in [2.05, 4.69) is 31.9 Å². The third-order valence-electron chi connectivity index (χ3n) is 1.91. The lowest BCUT2D eigenvalue weighted by molar-refractivity contribution is 0.557. The molecule has 0 saturated carbocycles. The van der Waals surface area contributed by atoms with Crippen molar-refractivity contribution in [1.29, 1.82) is 0 Å². The van der Waals surface area contributed by atoms with Gasteiger partial charge in [0.25, 0.3) is 0 Å². The maximum atomic E-state index is 11.3. The third kappa shape index (κ3) is 2.42. The highest BCUT2D eigenvalue weighted by Crippen LogP contribution is 2.26. The number of halogens is 2. The monoisotopic (exact) mass is 304 g/mol. The van der Waals surface area contributed by atoms with E-state index in [0.717, 1.165) is 12.8 Å². The Kier molecular flexibility index (Phi) is 3.40. The van der Waals surface area contributed by atoms with Crippen LogP contribution in [0.4, 0.5) is 0 Å². The van der Waals surface area contributed by atoms with Gasteiger partial charge in [-0.25, -0.2) is 8.42 Å². The first kappa shape index (κ1) is 9.99. The van der Waals surface area contributed by atoms with Gasteiger partial charge in [0.1, 0.15) is 0 Å². The van der Waals surface area contributed by atoms with Crippen LogP contribution in [0.3, 0.4) is 0 Å². The van der Waals surface area contributed by atoms with Crippen molar-refractivity contribution >= 4 is 41.7 Å². The molecule has 2 atom stereocenters. The Balaban J connectivity index is 2.72. The minimum atomic E-state index is -2.78. The van der Waals surface area contributed by atoms with Crippen LogP contribution in [0.5, 0.6) is 0 Å². The molecule has 1 fully saturated rings. The number of hydrogen-bond acceptors (Lipinski definition) is 2. The van der Waals surface area contributed by atoms with E-state index in [1.165, 1.54) is 0 Å². The molecule has 0 radical (unpaired) electrons. The van der Waals surface area contributed by atoms with E-state index in [-0.39, 0.29) is 5.25 Å². The Bertz CT molecular complexity index is 225. The number of hydrogen-bond donors (Lipinski definition) is 0. The summed E-state index contributed by atoms with van der Waals surface area (Å²) in [6, 6.07) is 0. The molecule has 1 aliphatic heterocycles. The zero-order chi connectivity index (χ0) is 8.48. The van der Waals surface area contributed by atoms with Crippen LogP contribution in [0, 0.1) is 0 Å². The fourth-order valence-electron chi connectivity index (χ4n) is 1.17. The highest BCUT2D eigenvalue weighted by molar-refractivity contribution is 9.09. The molecule has 0 bridgehead atoms. The molecule has 0 aromatic carbocycles. The van der Waals surface area contributed by atoms with Gasteiger partial charge in [-0.1, -0.05) is 31.9 Å². The molecular weight excluding hydrogens is 296 g/mol. The predicted octanol–water partition coefficient (Wildman–Crippen LogP) is 1.72. The molecule has 0 amide bonds. The summed E-state index contributed by atoms with van der Waals surface area (Å²) in [7, 11) is -2.78. The van der Waals surface area contributed by atoms with Crippen LogP contribution < -0.4 is 0 Å². The molecule has 5 heteroatoms. The van der Waals surface area contributed by atoms with Crippen molar-refractivity contribution in [1.82, 2.24) is 0 Å². The van der Waals surface area contributed by atoms with Crippen molar-refractivity contribution in [2.24, 2.45) is 0 Å². The van der Waals surface area contributed by atoms with Gasteiger partial charge in [-0.2, -0.15) is 0 Å². The van der Waals surface area contributed by atoms with E-state index in [1.54, 1.807) is 0 Å². The van der Waals surface area contributed by atoms with E-state index in [9.17, 15) is 8.42 Å². The topological polar surface area (TPSA) is 34.1 Å². The van der Waals surface area contributed by atoms with Gasteiger partial charge in [0.2, 0.25) is 0 Å². The first-order chi connectivity index (χ1) is 5.06. The van der Waals surface area contributed by atoms with Crippen LogP contribution in [0.2, 0.25) is 0 Å². The number of rotatable bonds is 1. The van der Waals surface area contributed by atoms with Crippen LogP contribution in [0.15, 0.2) is 0 Å². The molecular formula is C6H10Br2O2S. The highest BCUT2D eigenvalue weighted by atomic mass is 79.9. The Labute approximate surface area is 83.9 Å². The normalized spacial score (nSPS) is 36.9. The van der Waals surface area contributed by atoms with E-state index in [4.69, 9.17) is 0 Å². The van der Waals surface area contributed by atoms with E-state index in [0.29, 0.717) is 15.9 Å². The summed E-state index contributed by atoms with van der Waals surface area (Å²) in [6.07, 6.45) is 1.50. The number of alkyl halides is 2. The standard InChI is InChI=1S/C6H10Br2O2S/c7-4-6-3-5(8)1-2-11(6,9)10/h5-6H,1-4H2. The molecule has 2 unspecified atom stereocenters. The first-order valence-corrected chi connectivity index (χ1v) is 7.23. The van der Waals surface area contributed by atoms with Crippen LogP contribution in [0.1, 0.15) is 12.8 Å². The summed E-state index contributed by atoms with van der Waals surface area (Å²) >= 11 is 6.65. The van der Waals surface area contributed by atoms with Gasteiger partial charge < -0.3 is 0 Å². The van der Waals surface area contributed by atoms with Gasteiger partial charge >= 0.3 is 0 Å².